The van der Waals surface area contributed by atoms with Crippen LogP contribution < -0.4 is 0 Å². The van der Waals surface area contributed by atoms with Crippen LogP contribution in [0.25, 0.3) is 0 Å². The van der Waals surface area contributed by atoms with E-state index in [-0.39, 0.29) is 12.7 Å². The van der Waals surface area contributed by atoms with E-state index in [4.69, 9.17) is 9.84 Å². The first kappa shape index (κ1) is 7.76. The topological polar surface area (TPSA) is 32.8 Å². The fourth-order valence-corrected chi connectivity index (χ4v) is 1.02. The fourth-order valence-electron chi connectivity index (χ4n) is 1.02. The van der Waals surface area contributed by atoms with E-state index in [0.717, 1.165) is 12.8 Å². The molecule has 0 aromatic heterocycles. The lowest BCUT2D eigenvalue weighted by Gasteiger charge is -1.86. The Labute approximate surface area is 61.5 Å². The molecule has 58 valence electrons. The number of allylic oxidation sites excluding steroid dienone is 2. The predicted octanol–water partition coefficient (Wildman–Crippen LogP) is 1.10. The first-order valence-corrected chi connectivity index (χ1v) is 3.76. The minimum atomic E-state index is 0.144. The minimum absolute atomic E-state index is 0.144. The normalized spacial score (nSPS) is 31.4. The second-order valence-electron chi connectivity index (χ2n) is 2.54. The second kappa shape index (κ2) is 3.74. The van der Waals surface area contributed by atoms with Gasteiger partial charge in [-0.15, -0.1) is 0 Å². The van der Waals surface area contributed by atoms with Gasteiger partial charge in [0.1, 0.15) is 6.10 Å². The van der Waals surface area contributed by atoms with Crippen molar-refractivity contribution in [1.82, 2.24) is 0 Å². The van der Waals surface area contributed by atoms with Crippen molar-refractivity contribution in [3.63, 3.8) is 0 Å². The number of aliphatic hydroxyl groups excluding tert-OH is 1. The molecule has 1 rings (SSSR count). The lowest BCUT2D eigenvalue weighted by molar-refractivity contribution is 0.241. The number of ether oxygens (including phenoxy) is 1. The highest BCUT2D eigenvalue weighted by Gasteiger charge is 2.36. The van der Waals surface area contributed by atoms with E-state index in [9.17, 15) is 0 Å². The van der Waals surface area contributed by atoms with E-state index in [1.165, 1.54) is 0 Å². The number of aliphatic hydroxyl groups is 1. The molecule has 2 unspecified atom stereocenters. The molecule has 1 N–H and O–H groups in total. The molecule has 0 bridgehead atoms. The third-order valence-corrected chi connectivity index (χ3v) is 1.72. The zero-order valence-electron chi connectivity index (χ0n) is 6.29. The summed E-state index contributed by atoms with van der Waals surface area (Å²) >= 11 is 0. The Morgan fingerprint density at radius 1 is 1.50 bits per heavy atom. The van der Waals surface area contributed by atoms with Crippen LogP contribution in [0.4, 0.5) is 0 Å². The molecule has 2 nitrogen and oxygen atoms in total. The summed E-state index contributed by atoms with van der Waals surface area (Å²) in [6.45, 7) is 2.19. The number of hydrogen-bond acceptors (Lipinski definition) is 2. The summed E-state index contributed by atoms with van der Waals surface area (Å²) in [6.07, 6.45) is 6.76. The van der Waals surface area contributed by atoms with Gasteiger partial charge in [-0.3, -0.25) is 0 Å². The van der Waals surface area contributed by atoms with Gasteiger partial charge in [0.25, 0.3) is 0 Å². The molecule has 1 saturated heterocycles. The summed E-state index contributed by atoms with van der Waals surface area (Å²) in [5.41, 5.74) is 0. The van der Waals surface area contributed by atoms with E-state index in [1.807, 2.05) is 13.0 Å². The van der Waals surface area contributed by atoms with Gasteiger partial charge in [0.15, 0.2) is 0 Å². The predicted molar refractivity (Wildman–Crippen MR) is 39.8 cm³/mol. The van der Waals surface area contributed by atoms with Crippen LogP contribution >= 0.6 is 0 Å². The van der Waals surface area contributed by atoms with Gasteiger partial charge in [-0.25, -0.2) is 0 Å². The van der Waals surface area contributed by atoms with Crippen LogP contribution in [0.5, 0.6) is 0 Å². The van der Waals surface area contributed by atoms with Gasteiger partial charge in [-0.1, -0.05) is 12.2 Å². The van der Waals surface area contributed by atoms with E-state index >= 15 is 0 Å². The van der Waals surface area contributed by atoms with Gasteiger partial charge in [-0.05, 0) is 19.8 Å². The molecule has 0 amide bonds. The van der Waals surface area contributed by atoms with Gasteiger partial charge < -0.3 is 9.84 Å². The SMILES string of the molecule is C/C=C\CCC1OC1CO. The monoisotopic (exact) mass is 142 g/mol. The van der Waals surface area contributed by atoms with Crippen molar-refractivity contribution in [3.05, 3.63) is 12.2 Å². The van der Waals surface area contributed by atoms with E-state index < -0.39 is 0 Å². The zero-order chi connectivity index (χ0) is 7.40. The Kier molecular flexibility index (Phi) is 2.90. The van der Waals surface area contributed by atoms with Gasteiger partial charge in [0, 0.05) is 0 Å². The maximum absolute atomic E-state index is 8.59. The van der Waals surface area contributed by atoms with Gasteiger partial charge >= 0.3 is 0 Å². The molecule has 2 atom stereocenters. The van der Waals surface area contributed by atoms with Crippen molar-refractivity contribution in [3.8, 4) is 0 Å². The molecule has 0 radical (unpaired) electrons. The third-order valence-electron chi connectivity index (χ3n) is 1.72. The smallest absolute Gasteiger partial charge is 0.107 e. The summed E-state index contributed by atoms with van der Waals surface area (Å²) in [5, 5.41) is 8.59. The van der Waals surface area contributed by atoms with E-state index in [0.29, 0.717) is 6.10 Å². The van der Waals surface area contributed by atoms with E-state index in [1.54, 1.807) is 0 Å². The molecular formula is C8H14O2. The van der Waals surface area contributed by atoms with Crippen molar-refractivity contribution in [1.29, 1.82) is 0 Å². The first-order valence-electron chi connectivity index (χ1n) is 3.76. The summed E-state index contributed by atoms with van der Waals surface area (Å²) in [6, 6.07) is 0. The van der Waals surface area contributed by atoms with Crippen LogP contribution in [-0.4, -0.2) is 23.9 Å². The molecule has 2 heteroatoms. The van der Waals surface area contributed by atoms with Crippen molar-refractivity contribution >= 4 is 0 Å². The van der Waals surface area contributed by atoms with Crippen LogP contribution in [-0.2, 0) is 4.74 Å². The molecule has 1 aliphatic rings. The second-order valence-corrected chi connectivity index (χ2v) is 2.54. The summed E-state index contributed by atoms with van der Waals surface area (Å²) < 4.78 is 5.13. The first-order chi connectivity index (χ1) is 4.88. The van der Waals surface area contributed by atoms with Crippen molar-refractivity contribution in [2.75, 3.05) is 6.61 Å². The molecule has 0 aromatic carbocycles. The van der Waals surface area contributed by atoms with Gasteiger partial charge in [0.05, 0.1) is 12.7 Å². The molecule has 1 fully saturated rings. The Bertz CT molecular complexity index is 120. The highest BCUT2D eigenvalue weighted by Crippen LogP contribution is 2.25. The molecule has 1 heterocycles. The lowest BCUT2D eigenvalue weighted by atomic mass is 10.2. The average Bonchev–Trinajstić information content (AvgIpc) is 2.68. The summed E-state index contributed by atoms with van der Waals surface area (Å²) in [4.78, 5) is 0. The van der Waals surface area contributed by atoms with Crippen LogP contribution in [0.15, 0.2) is 12.2 Å². The quantitative estimate of drug-likeness (QED) is 0.471. The molecule has 1 aliphatic heterocycles. The van der Waals surface area contributed by atoms with Crippen LogP contribution in [0.3, 0.4) is 0 Å². The Morgan fingerprint density at radius 2 is 2.30 bits per heavy atom. The Hall–Kier alpha value is -0.340. The van der Waals surface area contributed by atoms with Crippen LogP contribution in [0, 0.1) is 0 Å². The van der Waals surface area contributed by atoms with Gasteiger partial charge in [0.2, 0.25) is 0 Å². The molecule has 10 heavy (non-hydrogen) atoms. The Balaban J connectivity index is 1.96. The zero-order valence-corrected chi connectivity index (χ0v) is 6.29. The Morgan fingerprint density at radius 3 is 2.80 bits per heavy atom. The molecule has 0 aromatic rings. The van der Waals surface area contributed by atoms with Crippen molar-refractivity contribution in [2.45, 2.75) is 32.0 Å². The number of hydrogen-bond donors (Lipinski definition) is 1. The summed E-state index contributed by atoms with van der Waals surface area (Å²) in [5.74, 6) is 0. The standard InChI is InChI=1S/C8H14O2/c1-2-3-4-5-7-8(6-9)10-7/h2-3,7-9H,4-6H2,1H3/b3-2-. The van der Waals surface area contributed by atoms with Crippen molar-refractivity contribution in [2.24, 2.45) is 0 Å². The maximum atomic E-state index is 8.59. The van der Waals surface area contributed by atoms with Gasteiger partial charge in [-0.2, -0.15) is 0 Å². The highest BCUT2D eigenvalue weighted by molar-refractivity contribution is 4.87. The molecule has 0 spiro atoms. The van der Waals surface area contributed by atoms with Crippen molar-refractivity contribution < 1.29 is 9.84 Å². The number of epoxide rings is 1. The van der Waals surface area contributed by atoms with Crippen LogP contribution in [0.1, 0.15) is 19.8 Å². The highest BCUT2D eigenvalue weighted by atomic mass is 16.6. The fraction of sp³-hybridized carbons (Fsp3) is 0.750. The van der Waals surface area contributed by atoms with E-state index in [2.05, 4.69) is 6.08 Å². The number of rotatable bonds is 4. The average molecular weight is 142 g/mol. The summed E-state index contributed by atoms with van der Waals surface area (Å²) in [7, 11) is 0. The lowest BCUT2D eigenvalue weighted by Crippen LogP contribution is -1.97. The largest absolute Gasteiger partial charge is 0.394 e. The third kappa shape index (κ3) is 2.12. The minimum Gasteiger partial charge on any atom is -0.394 e. The molecule has 0 saturated carbocycles. The maximum Gasteiger partial charge on any atom is 0.107 e. The van der Waals surface area contributed by atoms with Crippen LogP contribution in [0.2, 0.25) is 0 Å². The molecule has 0 aliphatic carbocycles. The molecular weight excluding hydrogens is 128 g/mol.